The first-order valence-electron chi connectivity index (χ1n) is 7.55. The van der Waals surface area contributed by atoms with E-state index in [1.54, 1.807) is 6.07 Å². The van der Waals surface area contributed by atoms with Crippen LogP contribution in [0.2, 0.25) is 0 Å². The Bertz CT molecular complexity index is 795. The Morgan fingerprint density at radius 3 is 2.25 bits per heavy atom. The molecule has 1 saturated heterocycles. The number of methoxy groups -OCH3 is 2. The fourth-order valence-electron chi connectivity index (χ4n) is 2.55. The summed E-state index contributed by atoms with van der Waals surface area (Å²) in [4.78, 5) is -0.0240. The van der Waals surface area contributed by atoms with Gasteiger partial charge in [0.15, 0.2) is 9.84 Å². The van der Waals surface area contributed by atoms with Gasteiger partial charge in [0.1, 0.15) is 16.4 Å². The molecule has 1 aromatic carbocycles. The van der Waals surface area contributed by atoms with Crippen LogP contribution in [0.3, 0.4) is 0 Å². The van der Waals surface area contributed by atoms with E-state index >= 15 is 0 Å². The molecule has 136 valence electrons. The molecule has 0 radical (unpaired) electrons. The molecule has 1 fully saturated rings. The molecule has 0 saturated carbocycles. The van der Waals surface area contributed by atoms with Gasteiger partial charge in [0.25, 0.3) is 0 Å². The first-order valence-corrected chi connectivity index (χ1v) is 10.7. The molecule has 7 nitrogen and oxygen atoms in total. The van der Waals surface area contributed by atoms with Gasteiger partial charge in [-0.3, -0.25) is 0 Å². The van der Waals surface area contributed by atoms with Crippen LogP contribution in [-0.2, 0) is 19.9 Å². The Morgan fingerprint density at radius 1 is 1.12 bits per heavy atom. The van der Waals surface area contributed by atoms with Crippen molar-refractivity contribution in [1.82, 2.24) is 4.31 Å². The summed E-state index contributed by atoms with van der Waals surface area (Å²) in [6.07, 6.45) is 0. The second-order valence-electron chi connectivity index (χ2n) is 6.18. The molecule has 24 heavy (non-hydrogen) atoms. The number of sulfone groups is 1. The number of hydrogen-bond acceptors (Lipinski definition) is 6. The maximum Gasteiger partial charge on any atom is 0.246 e. The quantitative estimate of drug-likeness (QED) is 0.708. The van der Waals surface area contributed by atoms with Crippen LogP contribution in [0.25, 0.3) is 0 Å². The van der Waals surface area contributed by atoms with Crippen molar-refractivity contribution in [1.29, 1.82) is 0 Å². The maximum absolute atomic E-state index is 12.8. The van der Waals surface area contributed by atoms with E-state index in [4.69, 9.17) is 9.47 Å². The molecule has 0 spiro atoms. The Kier molecular flexibility index (Phi) is 5.46. The number of nitrogens with zero attached hydrogens (tertiary/aromatic N) is 1. The van der Waals surface area contributed by atoms with Crippen LogP contribution >= 0.6 is 0 Å². The van der Waals surface area contributed by atoms with Gasteiger partial charge in [0.2, 0.25) is 10.0 Å². The summed E-state index contributed by atoms with van der Waals surface area (Å²) in [7, 11) is -4.30. The summed E-state index contributed by atoms with van der Waals surface area (Å²) in [6.45, 7) is 3.59. The molecule has 0 atom stereocenters. The zero-order valence-electron chi connectivity index (χ0n) is 14.2. The summed E-state index contributed by atoms with van der Waals surface area (Å²) in [5.74, 6) is 0.663. The first kappa shape index (κ1) is 19.0. The van der Waals surface area contributed by atoms with Gasteiger partial charge in [0.05, 0.1) is 25.2 Å². The van der Waals surface area contributed by atoms with Gasteiger partial charge in [-0.15, -0.1) is 0 Å². The summed E-state index contributed by atoms with van der Waals surface area (Å²) in [5.41, 5.74) is 0. The molecule has 0 amide bonds. The topological polar surface area (TPSA) is 90.0 Å². The van der Waals surface area contributed by atoms with E-state index < -0.39 is 25.1 Å². The SMILES string of the molecule is COc1ccc(OC)c(S(=O)(=O)N2CC(S(=O)(=O)CC(C)C)C2)c1. The average Bonchev–Trinajstić information content (AvgIpc) is 2.42. The number of ether oxygens (including phenoxy) is 2. The predicted molar refractivity (Wildman–Crippen MR) is 90.7 cm³/mol. The third-order valence-corrected chi connectivity index (χ3v) is 8.17. The lowest BCUT2D eigenvalue weighted by molar-refractivity contribution is 0.306. The van der Waals surface area contributed by atoms with Crippen molar-refractivity contribution in [2.75, 3.05) is 33.1 Å². The smallest absolute Gasteiger partial charge is 0.246 e. The Balaban J connectivity index is 2.23. The normalized spacial score (nSPS) is 16.9. The van der Waals surface area contributed by atoms with Crippen molar-refractivity contribution in [2.45, 2.75) is 24.0 Å². The standard InChI is InChI=1S/C15H23NO6S2/c1-11(2)10-23(17,18)13-8-16(9-13)24(19,20)15-7-12(21-3)5-6-14(15)22-4/h5-7,11,13H,8-10H2,1-4H3. The molecular weight excluding hydrogens is 354 g/mol. The molecule has 1 aromatic rings. The third kappa shape index (κ3) is 3.68. The van der Waals surface area contributed by atoms with Crippen LogP contribution in [-0.4, -0.2) is 59.5 Å². The zero-order chi connectivity index (χ0) is 18.1. The molecule has 1 heterocycles. The third-order valence-electron chi connectivity index (χ3n) is 3.88. The van der Waals surface area contributed by atoms with E-state index in [0.29, 0.717) is 5.75 Å². The zero-order valence-corrected chi connectivity index (χ0v) is 15.9. The molecule has 2 rings (SSSR count). The van der Waals surface area contributed by atoms with E-state index in [0.717, 1.165) is 4.31 Å². The maximum atomic E-state index is 12.8. The Hall–Kier alpha value is -1.32. The molecular formula is C15H23NO6S2. The highest BCUT2D eigenvalue weighted by Crippen LogP contribution is 2.33. The van der Waals surface area contributed by atoms with E-state index in [1.165, 1.54) is 26.4 Å². The van der Waals surface area contributed by atoms with Crippen molar-refractivity contribution in [3.63, 3.8) is 0 Å². The van der Waals surface area contributed by atoms with Crippen LogP contribution in [0.1, 0.15) is 13.8 Å². The number of rotatable bonds is 7. The minimum absolute atomic E-state index is 0.0131. The van der Waals surface area contributed by atoms with Gasteiger partial charge in [-0.2, -0.15) is 4.31 Å². The Labute approximate surface area is 143 Å². The lowest BCUT2D eigenvalue weighted by Gasteiger charge is -2.37. The van der Waals surface area contributed by atoms with Crippen molar-refractivity contribution in [3.05, 3.63) is 18.2 Å². The number of benzene rings is 1. The second kappa shape index (κ2) is 6.89. The molecule has 9 heteroatoms. The van der Waals surface area contributed by atoms with E-state index in [9.17, 15) is 16.8 Å². The van der Waals surface area contributed by atoms with Crippen LogP contribution in [0.4, 0.5) is 0 Å². The summed E-state index contributed by atoms with van der Waals surface area (Å²) in [6, 6.07) is 4.49. The lowest BCUT2D eigenvalue weighted by Crippen LogP contribution is -2.57. The van der Waals surface area contributed by atoms with Gasteiger partial charge < -0.3 is 9.47 Å². The molecule has 0 aliphatic carbocycles. The van der Waals surface area contributed by atoms with Crippen LogP contribution < -0.4 is 9.47 Å². The highest BCUT2D eigenvalue weighted by molar-refractivity contribution is 7.92. The summed E-state index contributed by atoms with van der Waals surface area (Å²) >= 11 is 0. The number of hydrogen-bond donors (Lipinski definition) is 0. The van der Waals surface area contributed by atoms with Gasteiger partial charge >= 0.3 is 0 Å². The minimum atomic E-state index is -3.84. The lowest BCUT2D eigenvalue weighted by atomic mass is 10.3. The molecule has 0 N–H and O–H groups in total. The Morgan fingerprint density at radius 2 is 1.75 bits per heavy atom. The van der Waals surface area contributed by atoms with E-state index in [-0.39, 0.29) is 35.4 Å². The van der Waals surface area contributed by atoms with E-state index in [2.05, 4.69) is 0 Å². The summed E-state index contributed by atoms with van der Waals surface area (Å²) < 4.78 is 61.2. The minimum Gasteiger partial charge on any atom is -0.497 e. The fraction of sp³-hybridized carbons (Fsp3) is 0.600. The largest absolute Gasteiger partial charge is 0.497 e. The van der Waals surface area contributed by atoms with Crippen molar-refractivity contribution < 1.29 is 26.3 Å². The van der Waals surface area contributed by atoms with Crippen molar-refractivity contribution in [2.24, 2.45) is 5.92 Å². The van der Waals surface area contributed by atoms with Crippen LogP contribution in [0.5, 0.6) is 11.5 Å². The highest BCUT2D eigenvalue weighted by atomic mass is 32.2. The van der Waals surface area contributed by atoms with Crippen molar-refractivity contribution >= 4 is 19.9 Å². The molecule has 1 aliphatic heterocycles. The first-order chi connectivity index (χ1) is 11.1. The molecule has 0 unspecified atom stereocenters. The van der Waals surface area contributed by atoms with Gasteiger partial charge in [-0.05, 0) is 18.1 Å². The van der Waals surface area contributed by atoms with Crippen LogP contribution in [0.15, 0.2) is 23.1 Å². The summed E-state index contributed by atoms with van der Waals surface area (Å²) in [5, 5.41) is -0.647. The monoisotopic (exact) mass is 377 g/mol. The highest BCUT2D eigenvalue weighted by Gasteiger charge is 2.44. The van der Waals surface area contributed by atoms with Gasteiger partial charge in [-0.1, -0.05) is 13.8 Å². The molecule has 0 aromatic heterocycles. The predicted octanol–water partition coefficient (Wildman–Crippen LogP) is 1.15. The van der Waals surface area contributed by atoms with Gasteiger partial charge in [0, 0.05) is 19.2 Å². The van der Waals surface area contributed by atoms with Gasteiger partial charge in [-0.25, -0.2) is 16.8 Å². The number of sulfonamides is 1. The molecule has 1 aliphatic rings. The van der Waals surface area contributed by atoms with Crippen LogP contribution in [0, 0.1) is 5.92 Å². The average molecular weight is 377 g/mol. The molecule has 0 bridgehead atoms. The van der Waals surface area contributed by atoms with E-state index in [1.807, 2.05) is 13.8 Å². The fourth-order valence-corrected chi connectivity index (χ4v) is 6.46. The van der Waals surface area contributed by atoms with Crippen molar-refractivity contribution in [3.8, 4) is 11.5 Å². The second-order valence-corrected chi connectivity index (χ2v) is 10.4.